The van der Waals surface area contributed by atoms with Gasteiger partial charge in [-0.05, 0) is 27.7 Å². The zero-order valence-corrected chi connectivity index (χ0v) is 12.9. The number of hydrogen-bond acceptors (Lipinski definition) is 5. The molecule has 106 valence electrons. The molecule has 0 radical (unpaired) electrons. The van der Waals surface area contributed by atoms with E-state index in [1.54, 1.807) is 11.3 Å². The van der Waals surface area contributed by atoms with E-state index < -0.39 is 0 Å². The van der Waals surface area contributed by atoms with Crippen LogP contribution in [0, 0.1) is 20.8 Å². The lowest BCUT2D eigenvalue weighted by molar-refractivity contribution is 0.390. The molecule has 1 unspecified atom stereocenters. The standard InChI is InChI=1S/C14H18N4OS/c1-8-12(18-5-6-20-14(18)16-8)7-15-9(2)13-10(3)17-19-11(13)4/h5-6,9,15H,7H2,1-4H3. The molecule has 0 aliphatic rings. The molecule has 3 aromatic rings. The normalized spacial score (nSPS) is 13.2. The van der Waals surface area contributed by atoms with Crippen LogP contribution in [0.2, 0.25) is 0 Å². The fourth-order valence-electron chi connectivity index (χ4n) is 2.61. The summed E-state index contributed by atoms with van der Waals surface area (Å²) in [6, 6.07) is 0.199. The molecule has 20 heavy (non-hydrogen) atoms. The molecular weight excluding hydrogens is 272 g/mol. The van der Waals surface area contributed by atoms with Crippen LogP contribution in [0.1, 0.15) is 41.4 Å². The fraction of sp³-hybridized carbons (Fsp3) is 0.429. The van der Waals surface area contributed by atoms with E-state index in [0.717, 1.165) is 34.2 Å². The summed E-state index contributed by atoms with van der Waals surface area (Å²) < 4.78 is 7.38. The van der Waals surface area contributed by atoms with E-state index in [2.05, 4.69) is 45.3 Å². The second kappa shape index (κ2) is 5.03. The summed E-state index contributed by atoms with van der Waals surface area (Å²) in [4.78, 5) is 5.61. The van der Waals surface area contributed by atoms with Gasteiger partial charge in [0.15, 0.2) is 4.96 Å². The van der Waals surface area contributed by atoms with Crippen molar-refractivity contribution in [3.05, 3.63) is 40.0 Å². The summed E-state index contributed by atoms with van der Waals surface area (Å²) in [7, 11) is 0. The van der Waals surface area contributed by atoms with Crippen LogP contribution in [0.5, 0.6) is 0 Å². The van der Waals surface area contributed by atoms with Crippen LogP contribution >= 0.6 is 11.3 Å². The predicted octanol–water partition coefficient (Wildman–Crippen LogP) is 3.16. The van der Waals surface area contributed by atoms with Crippen LogP contribution < -0.4 is 5.32 Å². The van der Waals surface area contributed by atoms with Crippen LogP contribution in [0.25, 0.3) is 4.96 Å². The number of hydrogen-bond donors (Lipinski definition) is 1. The number of nitrogens with zero attached hydrogens (tertiary/aromatic N) is 3. The molecule has 6 heteroatoms. The molecule has 5 nitrogen and oxygen atoms in total. The molecule has 0 amide bonds. The van der Waals surface area contributed by atoms with Crippen molar-refractivity contribution in [2.45, 2.75) is 40.3 Å². The molecule has 0 aliphatic carbocycles. The first kappa shape index (κ1) is 13.3. The molecule has 0 aliphatic heterocycles. The Morgan fingerprint density at radius 3 is 2.85 bits per heavy atom. The van der Waals surface area contributed by atoms with Crippen LogP contribution in [0.3, 0.4) is 0 Å². The SMILES string of the molecule is Cc1noc(C)c1C(C)NCc1c(C)nc2sccn12. The van der Waals surface area contributed by atoms with Crippen molar-refractivity contribution in [1.29, 1.82) is 0 Å². The van der Waals surface area contributed by atoms with E-state index in [-0.39, 0.29) is 6.04 Å². The molecule has 0 saturated heterocycles. The van der Waals surface area contributed by atoms with Crippen molar-refractivity contribution in [2.24, 2.45) is 0 Å². The van der Waals surface area contributed by atoms with E-state index in [1.807, 2.05) is 13.8 Å². The maximum atomic E-state index is 5.23. The molecule has 3 rings (SSSR count). The smallest absolute Gasteiger partial charge is 0.194 e. The molecule has 1 atom stereocenters. The predicted molar refractivity (Wildman–Crippen MR) is 79.0 cm³/mol. The lowest BCUT2D eigenvalue weighted by Crippen LogP contribution is -2.20. The zero-order valence-electron chi connectivity index (χ0n) is 12.1. The average Bonchev–Trinajstić information content (AvgIpc) is 3.03. The highest BCUT2D eigenvalue weighted by molar-refractivity contribution is 7.15. The molecule has 0 fully saturated rings. The summed E-state index contributed by atoms with van der Waals surface area (Å²) in [6.07, 6.45) is 2.07. The van der Waals surface area contributed by atoms with Crippen molar-refractivity contribution in [3.8, 4) is 0 Å². The van der Waals surface area contributed by atoms with Crippen molar-refractivity contribution < 1.29 is 4.52 Å². The first-order valence-corrected chi connectivity index (χ1v) is 7.53. The van der Waals surface area contributed by atoms with Crippen LogP contribution in [-0.2, 0) is 6.54 Å². The van der Waals surface area contributed by atoms with Crippen molar-refractivity contribution >= 4 is 16.3 Å². The Balaban J connectivity index is 1.79. The Morgan fingerprint density at radius 2 is 2.15 bits per heavy atom. The summed E-state index contributed by atoms with van der Waals surface area (Å²) in [5.74, 6) is 0.883. The monoisotopic (exact) mass is 290 g/mol. The minimum absolute atomic E-state index is 0.199. The van der Waals surface area contributed by atoms with E-state index in [9.17, 15) is 0 Å². The van der Waals surface area contributed by atoms with Gasteiger partial charge in [0.1, 0.15) is 5.76 Å². The molecule has 0 spiro atoms. The van der Waals surface area contributed by atoms with Crippen LogP contribution in [0.15, 0.2) is 16.1 Å². The topological polar surface area (TPSA) is 55.4 Å². The Bertz CT molecular complexity index is 720. The Labute approximate surface area is 121 Å². The highest BCUT2D eigenvalue weighted by atomic mass is 32.1. The highest BCUT2D eigenvalue weighted by Crippen LogP contribution is 2.22. The number of aryl methyl sites for hydroxylation is 3. The molecule has 0 saturated carbocycles. The molecule has 0 bridgehead atoms. The Kier molecular flexibility index (Phi) is 3.35. The minimum Gasteiger partial charge on any atom is -0.361 e. The van der Waals surface area contributed by atoms with E-state index >= 15 is 0 Å². The number of thiazole rings is 1. The largest absolute Gasteiger partial charge is 0.361 e. The molecule has 3 heterocycles. The Morgan fingerprint density at radius 1 is 1.35 bits per heavy atom. The number of nitrogens with one attached hydrogen (secondary N) is 1. The summed E-state index contributed by atoms with van der Waals surface area (Å²) in [5.41, 5.74) is 4.39. The van der Waals surface area contributed by atoms with E-state index in [1.165, 1.54) is 5.69 Å². The molecule has 0 aromatic carbocycles. The number of fused-ring (bicyclic) bond motifs is 1. The van der Waals surface area contributed by atoms with Gasteiger partial charge in [-0.15, -0.1) is 11.3 Å². The third-order valence-electron chi connectivity index (χ3n) is 3.66. The van der Waals surface area contributed by atoms with Gasteiger partial charge in [-0.3, -0.25) is 4.40 Å². The van der Waals surface area contributed by atoms with Gasteiger partial charge < -0.3 is 9.84 Å². The van der Waals surface area contributed by atoms with Crippen molar-refractivity contribution in [1.82, 2.24) is 19.9 Å². The van der Waals surface area contributed by atoms with Gasteiger partial charge in [0, 0.05) is 29.7 Å². The zero-order chi connectivity index (χ0) is 14.3. The van der Waals surface area contributed by atoms with Gasteiger partial charge in [0.2, 0.25) is 0 Å². The maximum Gasteiger partial charge on any atom is 0.194 e. The molecule has 1 N–H and O–H groups in total. The van der Waals surface area contributed by atoms with Crippen LogP contribution in [-0.4, -0.2) is 14.5 Å². The summed E-state index contributed by atoms with van der Waals surface area (Å²) in [5, 5.41) is 9.60. The Hall–Kier alpha value is -1.66. The van der Waals surface area contributed by atoms with E-state index in [4.69, 9.17) is 4.52 Å². The lowest BCUT2D eigenvalue weighted by Gasteiger charge is -2.13. The van der Waals surface area contributed by atoms with Crippen molar-refractivity contribution in [2.75, 3.05) is 0 Å². The summed E-state index contributed by atoms with van der Waals surface area (Å²) >= 11 is 1.66. The van der Waals surface area contributed by atoms with Gasteiger partial charge in [-0.2, -0.15) is 0 Å². The fourth-order valence-corrected chi connectivity index (χ4v) is 3.39. The number of rotatable bonds is 4. The third kappa shape index (κ3) is 2.14. The lowest BCUT2D eigenvalue weighted by atomic mass is 10.1. The summed E-state index contributed by atoms with van der Waals surface area (Å²) in [6.45, 7) is 8.89. The third-order valence-corrected chi connectivity index (χ3v) is 4.42. The highest BCUT2D eigenvalue weighted by Gasteiger charge is 2.17. The van der Waals surface area contributed by atoms with Gasteiger partial charge in [0.05, 0.1) is 17.1 Å². The van der Waals surface area contributed by atoms with Gasteiger partial charge in [0.25, 0.3) is 0 Å². The van der Waals surface area contributed by atoms with Crippen LogP contribution in [0.4, 0.5) is 0 Å². The maximum absolute atomic E-state index is 5.23. The second-order valence-electron chi connectivity index (χ2n) is 5.04. The first-order valence-electron chi connectivity index (χ1n) is 6.65. The first-order chi connectivity index (χ1) is 9.58. The number of aromatic nitrogens is 3. The minimum atomic E-state index is 0.199. The average molecular weight is 290 g/mol. The molecular formula is C14H18N4OS. The quantitative estimate of drug-likeness (QED) is 0.802. The van der Waals surface area contributed by atoms with Crippen molar-refractivity contribution in [3.63, 3.8) is 0 Å². The number of imidazole rings is 1. The van der Waals surface area contributed by atoms with Gasteiger partial charge >= 0.3 is 0 Å². The molecule has 3 aromatic heterocycles. The van der Waals surface area contributed by atoms with Gasteiger partial charge in [-0.25, -0.2) is 4.98 Å². The second-order valence-corrected chi connectivity index (χ2v) is 5.91. The van der Waals surface area contributed by atoms with E-state index in [0.29, 0.717) is 0 Å². The van der Waals surface area contributed by atoms with Gasteiger partial charge in [-0.1, -0.05) is 5.16 Å².